The van der Waals surface area contributed by atoms with Gasteiger partial charge in [-0.1, -0.05) is 105 Å². The number of aromatic nitrogens is 2. The van der Waals surface area contributed by atoms with Crippen LogP contribution < -0.4 is 10.1 Å². The molecule has 6 rings (SSSR count). The zero-order valence-corrected chi connectivity index (χ0v) is 26.5. The van der Waals surface area contributed by atoms with Gasteiger partial charge in [0.1, 0.15) is 5.65 Å². The van der Waals surface area contributed by atoms with Gasteiger partial charge in [0.2, 0.25) is 11.8 Å². The third-order valence-electron chi connectivity index (χ3n) is 9.47. The highest BCUT2D eigenvalue weighted by atomic mass is 16.5. The predicted octanol–water partition coefficient (Wildman–Crippen LogP) is 8.08. The fourth-order valence-electron chi connectivity index (χ4n) is 7.23. The molecule has 1 fully saturated rings. The average Bonchev–Trinajstić information content (AvgIpc) is 3.35. The summed E-state index contributed by atoms with van der Waals surface area (Å²) < 4.78 is 8.04. The maximum absolute atomic E-state index is 14.1. The van der Waals surface area contributed by atoms with Crippen LogP contribution in [0.5, 0.6) is 5.88 Å². The van der Waals surface area contributed by atoms with Crippen molar-refractivity contribution in [2.75, 3.05) is 13.2 Å². The molecule has 1 aliphatic rings. The number of amides is 1. The first-order valence-electron chi connectivity index (χ1n) is 16.6. The Hall–Kier alpha value is -4.16. The molecule has 0 bridgehead atoms. The highest BCUT2D eigenvalue weighted by Gasteiger charge is 2.31. The van der Waals surface area contributed by atoms with E-state index in [1.807, 2.05) is 43.3 Å². The van der Waals surface area contributed by atoms with Crippen molar-refractivity contribution in [2.24, 2.45) is 5.92 Å². The minimum absolute atomic E-state index is 0.00350. The van der Waals surface area contributed by atoms with Crippen LogP contribution in [0.2, 0.25) is 0 Å². The summed E-state index contributed by atoms with van der Waals surface area (Å²) in [7, 11) is 0. The fourth-order valence-corrected chi connectivity index (χ4v) is 7.23. The number of para-hydroxylation sites is 1. The van der Waals surface area contributed by atoms with Crippen LogP contribution in [0, 0.1) is 12.8 Å². The number of nitrogens with zero attached hydrogens (tertiary/aromatic N) is 2. The second-order valence-corrected chi connectivity index (χ2v) is 12.5. The number of aryl methyl sites for hydroxylation is 1. The normalized spacial score (nSPS) is 15.8. The summed E-state index contributed by atoms with van der Waals surface area (Å²) in [5.41, 5.74) is 7.47. The van der Waals surface area contributed by atoms with Gasteiger partial charge in [0, 0.05) is 29.1 Å². The molecule has 45 heavy (non-hydrogen) atoms. The Kier molecular flexibility index (Phi) is 9.80. The van der Waals surface area contributed by atoms with Gasteiger partial charge in [0.15, 0.2) is 0 Å². The van der Waals surface area contributed by atoms with Gasteiger partial charge < -0.3 is 15.2 Å². The molecule has 0 radical (unpaired) electrons. The zero-order chi connectivity index (χ0) is 31.2. The van der Waals surface area contributed by atoms with Crippen molar-refractivity contribution in [1.82, 2.24) is 14.7 Å². The molecule has 2 N–H and O–H groups in total. The van der Waals surface area contributed by atoms with Crippen LogP contribution in [-0.2, 0) is 11.2 Å². The molecule has 234 valence electrons. The van der Waals surface area contributed by atoms with Crippen molar-refractivity contribution in [1.29, 1.82) is 0 Å². The van der Waals surface area contributed by atoms with Crippen molar-refractivity contribution < 1.29 is 14.6 Å². The molecule has 1 aliphatic carbocycles. The molecular weight excluding hydrogens is 558 g/mol. The molecule has 1 saturated carbocycles. The van der Waals surface area contributed by atoms with Crippen molar-refractivity contribution in [3.05, 3.63) is 113 Å². The number of fused-ring (bicyclic) bond motifs is 3. The number of benzene rings is 3. The molecule has 0 aliphatic heterocycles. The van der Waals surface area contributed by atoms with Gasteiger partial charge >= 0.3 is 0 Å². The van der Waals surface area contributed by atoms with Gasteiger partial charge in [-0.25, -0.2) is 0 Å². The standard InChI is InChI=1S/C39H45N3O3/c1-3-45-36-24-27(2)42-35-19-13-12-18-32(35)33(38(42)41-36)25-28-20-22-31(23-21-28)37(30-16-8-5-4-6-9-17-30)39(44)40-34(26-43)29-14-10-7-11-15-29/h7,10-15,18-24,30,34,37,43H,3-6,8-9,16-17,25-26H2,1-2H3,(H,40,44)/t34-,37-/m0/s1. The van der Waals surface area contributed by atoms with Gasteiger partial charge in [0.25, 0.3) is 0 Å². The average molecular weight is 604 g/mol. The van der Waals surface area contributed by atoms with E-state index in [1.54, 1.807) is 0 Å². The smallest absolute Gasteiger partial charge is 0.228 e. The lowest BCUT2D eigenvalue weighted by Crippen LogP contribution is -2.37. The van der Waals surface area contributed by atoms with Gasteiger partial charge in [-0.3, -0.25) is 9.20 Å². The van der Waals surface area contributed by atoms with Gasteiger partial charge in [-0.2, -0.15) is 4.98 Å². The molecule has 1 amide bonds. The Balaban J connectivity index is 1.32. The third-order valence-corrected chi connectivity index (χ3v) is 9.47. The van der Waals surface area contributed by atoms with Crippen molar-refractivity contribution in [2.45, 2.75) is 77.2 Å². The summed E-state index contributed by atoms with van der Waals surface area (Å²) in [6.45, 7) is 4.51. The number of ether oxygens (including phenoxy) is 1. The lowest BCUT2D eigenvalue weighted by atomic mass is 9.77. The third kappa shape index (κ3) is 6.76. The van der Waals surface area contributed by atoms with Crippen LogP contribution in [0.4, 0.5) is 0 Å². The lowest BCUT2D eigenvalue weighted by Gasteiger charge is -2.30. The van der Waals surface area contributed by atoms with E-state index in [0.29, 0.717) is 12.5 Å². The molecule has 0 unspecified atom stereocenters. The fraction of sp³-hybridized carbons (Fsp3) is 0.385. The van der Waals surface area contributed by atoms with Crippen molar-refractivity contribution >= 4 is 22.5 Å². The molecule has 6 heteroatoms. The van der Waals surface area contributed by atoms with Gasteiger partial charge in [-0.15, -0.1) is 0 Å². The van der Waals surface area contributed by atoms with Crippen LogP contribution in [0.1, 0.15) is 91.8 Å². The number of hydrogen-bond acceptors (Lipinski definition) is 4. The van der Waals surface area contributed by atoms with Crippen LogP contribution >= 0.6 is 0 Å². The van der Waals surface area contributed by atoms with Crippen LogP contribution in [0.25, 0.3) is 16.6 Å². The maximum Gasteiger partial charge on any atom is 0.228 e. The van der Waals surface area contributed by atoms with E-state index in [1.165, 1.54) is 35.8 Å². The Labute approximate surface area is 266 Å². The summed E-state index contributed by atoms with van der Waals surface area (Å²) >= 11 is 0. The Bertz CT molecular complexity index is 1720. The summed E-state index contributed by atoms with van der Waals surface area (Å²) in [5, 5.41) is 14.6. The monoisotopic (exact) mass is 603 g/mol. The molecular formula is C39H45N3O3. The maximum atomic E-state index is 14.1. The van der Waals surface area contributed by atoms with Gasteiger partial charge in [0.05, 0.1) is 30.7 Å². The quantitative estimate of drug-likeness (QED) is 0.169. The molecule has 2 heterocycles. The molecule has 2 aromatic heterocycles. The molecule has 0 spiro atoms. The number of rotatable bonds is 10. The molecule has 5 aromatic rings. The molecule has 3 aromatic carbocycles. The highest BCUT2D eigenvalue weighted by Crippen LogP contribution is 2.36. The Morgan fingerprint density at radius 3 is 2.33 bits per heavy atom. The Morgan fingerprint density at radius 1 is 0.933 bits per heavy atom. The first-order chi connectivity index (χ1) is 22.1. The number of carbonyl (C=O) groups excluding carboxylic acids is 1. The second kappa shape index (κ2) is 14.3. The van der Waals surface area contributed by atoms with Crippen LogP contribution in [-0.4, -0.2) is 33.6 Å². The van der Waals surface area contributed by atoms with E-state index < -0.39 is 6.04 Å². The minimum Gasteiger partial charge on any atom is -0.478 e. The number of carbonyl (C=O) groups is 1. The summed E-state index contributed by atoms with van der Waals surface area (Å²) in [6, 6.07) is 28.5. The zero-order valence-electron chi connectivity index (χ0n) is 26.5. The SMILES string of the molecule is CCOc1cc(C)n2c(n1)c(Cc1ccc([C@@H](C(=O)N[C@@H](CO)c3ccccc3)C3CCCCCCC3)cc1)c1ccccc12. The first kappa shape index (κ1) is 30.8. The van der Waals surface area contributed by atoms with Crippen molar-refractivity contribution in [3.63, 3.8) is 0 Å². The summed E-state index contributed by atoms with van der Waals surface area (Å²) in [4.78, 5) is 19.0. The number of aliphatic hydroxyl groups excluding tert-OH is 1. The molecule has 6 nitrogen and oxygen atoms in total. The van der Waals surface area contributed by atoms with Crippen molar-refractivity contribution in [3.8, 4) is 5.88 Å². The number of nitrogens with one attached hydrogen (secondary N) is 1. The lowest BCUT2D eigenvalue weighted by molar-refractivity contribution is -0.125. The van der Waals surface area contributed by atoms with E-state index in [0.717, 1.165) is 60.1 Å². The van der Waals surface area contributed by atoms with E-state index in [2.05, 4.69) is 65.2 Å². The van der Waals surface area contributed by atoms with E-state index in [-0.39, 0.29) is 24.3 Å². The second-order valence-electron chi connectivity index (χ2n) is 12.5. The van der Waals surface area contributed by atoms with E-state index in [4.69, 9.17) is 9.72 Å². The predicted molar refractivity (Wildman–Crippen MR) is 181 cm³/mol. The first-order valence-corrected chi connectivity index (χ1v) is 16.6. The summed E-state index contributed by atoms with van der Waals surface area (Å²) in [6.07, 6.45) is 8.86. The number of aliphatic hydroxyl groups is 1. The Morgan fingerprint density at radius 2 is 1.62 bits per heavy atom. The summed E-state index contributed by atoms with van der Waals surface area (Å²) in [5.74, 6) is 0.661. The molecule has 0 saturated heterocycles. The topological polar surface area (TPSA) is 75.9 Å². The number of hydrogen-bond donors (Lipinski definition) is 2. The van der Waals surface area contributed by atoms with Crippen LogP contribution in [0.15, 0.2) is 84.9 Å². The van der Waals surface area contributed by atoms with E-state index >= 15 is 0 Å². The van der Waals surface area contributed by atoms with E-state index in [9.17, 15) is 9.90 Å². The largest absolute Gasteiger partial charge is 0.478 e. The minimum atomic E-state index is -0.428. The van der Waals surface area contributed by atoms with Crippen LogP contribution in [0.3, 0.4) is 0 Å². The van der Waals surface area contributed by atoms with Gasteiger partial charge in [-0.05, 0) is 55.4 Å². The molecule has 2 atom stereocenters. The highest BCUT2D eigenvalue weighted by molar-refractivity contribution is 5.92.